The van der Waals surface area contributed by atoms with Gasteiger partial charge in [0.15, 0.2) is 0 Å². The van der Waals surface area contributed by atoms with E-state index in [2.05, 4.69) is 4.72 Å². The molecule has 6 nitrogen and oxygen atoms in total. The van der Waals surface area contributed by atoms with Crippen LogP contribution in [-0.4, -0.2) is 37.2 Å². The molecule has 0 aliphatic heterocycles. The van der Waals surface area contributed by atoms with E-state index in [-0.39, 0.29) is 18.1 Å². The highest BCUT2D eigenvalue weighted by molar-refractivity contribution is 7.89. The monoisotopic (exact) mass is 305 g/mol. The Morgan fingerprint density at radius 2 is 2.00 bits per heavy atom. The zero-order chi connectivity index (χ0) is 15.5. The van der Waals surface area contributed by atoms with Gasteiger partial charge in [-0.2, -0.15) is 0 Å². The summed E-state index contributed by atoms with van der Waals surface area (Å²) >= 11 is 0. The van der Waals surface area contributed by atoms with Crippen LogP contribution in [0.15, 0.2) is 23.1 Å². The molecule has 20 heavy (non-hydrogen) atoms. The lowest BCUT2D eigenvalue weighted by Crippen LogP contribution is -2.38. The van der Waals surface area contributed by atoms with Crippen LogP contribution in [0.5, 0.6) is 0 Å². The van der Waals surface area contributed by atoms with Crippen LogP contribution < -0.4 is 4.72 Å². The molecule has 0 aliphatic carbocycles. The van der Waals surface area contributed by atoms with E-state index in [1.807, 2.05) is 0 Å². The van der Waals surface area contributed by atoms with Crippen molar-refractivity contribution in [3.8, 4) is 0 Å². The number of rotatable bonds is 6. The number of aliphatic hydroxyl groups excluding tert-OH is 1. The molecule has 1 rings (SSSR count). The first kappa shape index (κ1) is 16.5. The molecule has 8 heteroatoms. The number of hydrogen-bond donors (Lipinski definition) is 3. The van der Waals surface area contributed by atoms with Crippen molar-refractivity contribution in [3.05, 3.63) is 29.6 Å². The number of carbonyl (C=O) groups is 1. The van der Waals surface area contributed by atoms with Crippen LogP contribution in [0.1, 0.15) is 24.2 Å². The summed E-state index contributed by atoms with van der Waals surface area (Å²) in [7, 11) is -4.12. The molecule has 0 saturated carbocycles. The van der Waals surface area contributed by atoms with Crippen LogP contribution in [0.3, 0.4) is 0 Å². The molecule has 0 aromatic heterocycles. The summed E-state index contributed by atoms with van der Waals surface area (Å²) in [5.74, 6) is -2.82. The summed E-state index contributed by atoms with van der Waals surface area (Å²) in [6.07, 6.45) is 0. The second-order valence-electron chi connectivity index (χ2n) is 4.52. The van der Waals surface area contributed by atoms with Gasteiger partial charge < -0.3 is 10.2 Å². The van der Waals surface area contributed by atoms with Crippen LogP contribution in [0.2, 0.25) is 0 Å². The van der Waals surface area contributed by atoms with Crippen LogP contribution in [0.25, 0.3) is 0 Å². The van der Waals surface area contributed by atoms with Crippen molar-refractivity contribution in [1.29, 1.82) is 0 Å². The highest BCUT2D eigenvalue weighted by Crippen LogP contribution is 2.17. The molecule has 2 atom stereocenters. The number of carboxylic acids is 1. The first-order valence-electron chi connectivity index (χ1n) is 5.85. The average Bonchev–Trinajstić information content (AvgIpc) is 2.36. The molecule has 0 aliphatic rings. The van der Waals surface area contributed by atoms with Crippen molar-refractivity contribution < 1.29 is 27.8 Å². The van der Waals surface area contributed by atoms with Crippen molar-refractivity contribution in [2.24, 2.45) is 5.92 Å². The summed E-state index contributed by atoms with van der Waals surface area (Å²) in [5.41, 5.74) is -0.335. The second kappa shape index (κ2) is 6.29. The Balaban J connectivity index is 3.07. The molecule has 0 amide bonds. The smallest absolute Gasteiger partial charge is 0.335 e. The summed E-state index contributed by atoms with van der Waals surface area (Å²) in [5, 5.41) is 17.6. The van der Waals surface area contributed by atoms with Crippen molar-refractivity contribution in [2.45, 2.75) is 24.8 Å². The maximum absolute atomic E-state index is 13.7. The average molecular weight is 305 g/mol. The van der Waals surface area contributed by atoms with Crippen LogP contribution in [-0.2, 0) is 10.0 Å². The van der Waals surface area contributed by atoms with Crippen molar-refractivity contribution >= 4 is 16.0 Å². The molecule has 1 aromatic rings. The van der Waals surface area contributed by atoms with Crippen molar-refractivity contribution in [1.82, 2.24) is 4.72 Å². The maximum atomic E-state index is 13.7. The largest absolute Gasteiger partial charge is 0.478 e. The van der Waals surface area contributed by atoms with E-state index >= 15 is 0 Å². The van der Waals surface area contributed by atoms with Gasteiger partial charge in [0.2, 0.25) is 10.0 Å². The molecule has 0 bridgehead atoms. The molecule has 0 radical (unpaired) electrons. The van der Waals surface area contributed by atoms with E-state index in [1.165, 1.54) is 0 Å². The molecule has 0 heterocycles. The Bertz CT molecular complexity index is 602. The summed E-state index contributed by atoms with van der Waals surface area (Å²) < 4.78 is 39.9. The van der Waals surface area contributed by atoms with Crippen molar-refractivity contribution in [3.63, 3.8) is 0 Å². The van der Waals surface area contributed by atoms with Gasteiger partial charge in [-0.25, -0.2) is 22.3 Å². The number of benzene rings is 1. The zero-order valence-electron chi connectivity index (χ0n) is 11.0. The Morgan fingerprint density at radius 3 is 2.45 bits per heavy atom. The fourth-order valence-corrected chi connectivity index (χ4v) is 2.85. The van der Waals surface area contributed by atoms with Gasteiger partial charge in [0.05, 0.1) is 5.56 Å². The Hall–Kier alpha value is -1.51. The molecule has 112 valence electrons. The topological polar surface area (TPSA) is 104 Å². The number of hydrogen-bond acceptors (Lipinski definition) is 4. The Kier molecular flexibility index (Phi) is 5.21. The number of aromatic carboxylic acids is 1. The van der Waals surface area contributed by atoms with E-state index in [9.17, 15) is 17.6 Å². The lowest BCUT2D eigenvalue weighted by molar-refractivity contribution is 0.0696. The number of nitrogens with one attached hydrogen (secondary N) is 1. The standard InChI is InChI=1S/C12H16FNO5S/c1-7(6-15)8(2)14-20(18,19)11-4-3-9(12(16)17)5-10(11)13/h3-5,7-8,14-15H,6H2,1-2H3,(H,16,17). The lowest BCUT2D eigenvalue weighted by atomic mass is 10.1. The van der Waals surface area contributed by atoms with E-state index in [0.717, 1.165) is 12.1 Å². The van der Waals surface area contributed by atoms with E-state index < -0.39 is 32.7 Å². The van der Waals surface area contributed by atoms with Gasteiger partial charge in [0.25, 0.3) is 0 Å². The SMILES string of the molecule is CC(CO)C(C)NS(=O)(=O)c1ccc(C(=O)O)cc1F. The van der Waals surface area contributed by atoms with Crippen LogP contribution >= 0.6 is 0 Å². The lowest BCUT2D eigenvalue weighted by Gasteiger charge is -2.19. The molecule has 3 N–H and O–H groups in total. The Morgan fingerprint density at radius 1 is 1.40 bits per heavy atom. The highest BCUT2D eigenvalue weighted by Gasteiger charge is 2.24. The van der Waals surface area contributed by atoms with Gasteiger partial charge >= 0.3 is 5.97 Å². The summed E-state index contributed by atoms with van der Waals surface area (Å²) in [4.78, 5) is 10.0. The highest BCUT2D eigenvalue weighted by atomic mass is 32.2. The van der Waals surface area contributed by atoms with Gasteiger partial charge in [-0.3, -0.25) is 0 Å². The fraction of sp³-hybridized carbons (Fsp3) is 0.417. The number of halogens is 1. The van der Waals surface area contributed by atoms with Gasteiger partial charge in [-0.1, -0.05) is 6.92 Å². The third kappa shape index (κ3) is 3.75. The second-order valence-corrected chi connectivity index (χ2v) is 6.20. The first-order valence-corrected chi connectivity index (χ1v) is 7.33. The number of carboxylic acid groups (broad SMARTS) is 1. The quantitative estimate of drug-likeness (QED) is 0.722. The van der Waals surface area contributed by atoms with Crippen molar-refractivity contribution in [2.75, 3.05) is 6.61 Å². The number of sulfonamides is 1. The molecular formula is C12H16FNO5S. The third-order valence-electron chi connectivity index (χ3n) is 2.95. The van der Waals surface area contributed by atoms with Gasteiger partial charge in [0.1, 0.15) is 10.7 Å². The minimum absolute atomic E-state index is 0.218. The fourth-order valence-electron chi connectivity index (χ4n) is 1.43. The Labute approximate surface area is 116 Å². The predicted molar refractivity (Wildman–Crippen MR) is 69.4 cm³/mol. The van der Waals surface area contributed by atoms with E-state index in [1.54, 1.807) is 13.8 Å². The first-order chi connectivity index (χ1) is 9.19. The molecule has 2 unspecified atom stereocenters. The minimum Gasteiger partial charge on any atom is -0.478 e. The third-order valence-corrected chi connectivity index (χ3v) is 4.54. The zero-order valence-corrected chi connectivity index (χ0v) is 11.8. The van der Waals surface area contributed by atoms with Gasteiger partial charge in [-0.15, -0.1) is 0 Å². The van der Waals surface area contributed by atoms with E-state index in [0.29, 0.717) is 6.07 Å². The molecule has 0 saturated heterocycles. The molecule has 0 fully saturated rings. The summed E-state index contributed by atoms with van der Waals surface area (Å²) in [6, 6.07) is 1.97. The van der Waals surface area contributed by atoms with E-state index in [4.69, 9.17) is 10.2 Å². The summed E-state index contributed by atoms with van der Waals surface area (Å²) in [6.45, 7) is 2.96. The minimum atomic E-state index is -4.12. The molecule has 0 spiro atoms. The normalized spacial score (nSPS) is 14.8. The number of aliphatic hydroxyl groups is 1. The molecule has 1 aromatic carbocycles. The molecular weight excluding hydrogens is 289 g/mol. The van der Waals surface area contributed by atoms with Gasteiger partial charge in [-0.05, 0) is 31.0 Å². The van der Waals surface area contributed by atoms with Crippen LogP contribution in [0.4, 0.5) is 4.39 Å². The van der Waals surface area contributed by atoms with Crippen LogP contribution in [0, 0.1) is 11.7 Å². The van der Waals surface area contributed by atoms with Gasteiger partial charge in [0, 0.05) is 12.6 Å². The maximum Gasteiger partial charge on any atom is 0.335 e. The predicted octanol–water partition coefficient (Wildman–Crippen LogP) is 0.819.